The van der Waals surface area contributed by atoms with E-state index in [0.29, 0.717) is 23.3 Å². The Kier molecular flexibility index (Phi) is 5.69. The average molecular weight is 280 g/mol. The van der Waals surface area contributed by atoms with Crippen molar-refractivity contribution in [3.05, 3.63) is 23.9 Å². The maximum atomic E-state index is 11.7. The van der Waals surface area contributed by atoms with Crippen molar-refractivity contribution in [1.82, 2.24) is 10.3 Å². The van der Waals surface area contributed by atoms with E-state index in [9.17, 15) is 4.79 Å². The molecule has 0 bridgehead atoms. The summed E-state index contributed by atoms with van der Waals surface area (Å²) in [7, 11) is 1.81. The molecule has 0 radical (unpaired) electrons. The summed E-state index contributed by atoms with van der Waals surface area (Å²) in [6.45, 7) is 5.03. The Morgan fingerprint density at radius 1 is 1.58 bits per heavy atom. The van der Waals surface area contributed by atoms with Crippen LogP contribution in [0.5, 0.6) is 0 Å². The lowest BCUT2D eigenvalue weighted by atomic mass is 10.2. The van der Waals surface area contributed by atoms with Crippen molar-refractivity contribution in [2.45, 2.75) is 13.8 Å². The third-order valence-electron chi connectivity index (χ3n) is 2.51. The first-order valence-electron chi connectivity index (χ1n) is 6.14. The summed E-state index contributed by atoms with van der Waals surface area (Å²) >= 11 is 4.92. The number of likely N-dealkylation sites (N-methyl/N-ethyl adjacent to an activating group) is 1. The monoisotopic (exact) mass is 280 g/mol. The Labute approximate surface area is 119 Å². The predicted octanol–water partition coefficient (Wildman–Crippen LogP) is 0.924. The Balaban J connectivity index is 2.62. The number of carbonyl (C=O) groups excluding carboxylic acids is 1. The van der Waals surface area contributed by atoms with E-state index < -0.39 is 0 Å². The molecule has 1 rings (SSSR count). The minimum atomic E-state index is -0.0290. The molecule has 0 aliphatic rings. The zero-order chi connectivity index (χ0) is 14.4. The molecule has 0 aromatic carbocycles. The van der Waals surface area contributed by atoms with Gasteiger partial charge < -0.3 is 16.0 Å². The Bertz CT molecular complexity index is 462. The van der Waals surface area contributed by atoms with Gasteiger partial charge in [0.2, 0.25) is 5.91 Å². The fourth-order valence-electron chi connectivity index (χ4n) is 1.45. The number of aromatic nitrogens is 1. The molecular formula is C13H20N4OS. The van der Waals surface area contributed by atoms with Gasteiger partial charge in [-0.15, -0.1) is 0 Å². The van der Waals surface area contributed by atoms with Gasteiger partial charge >= 0.3 is 0 Å². The van der Waals surface area contributed by atoms with E-state index in [1.54, 1.807) is 30.3 Å². The molecule has 0 aliphatic carbocycles. The van der Waals surface area contributed by atoms with Gasteiger partial charge in [-0.3, -0.25) is 4.79 Å². The Hall–Kier alpha value is -1.69. The summed E-state index contributed by atoms with van der Waals surface area (Å²) in [4.78, 5) is 18.0. The number of hydrogen-bond acceptors (Lipinski definition) is 4. The van der Waals surface area contributed by atoms with Gasteiger partial charge in [0, 0.05) is 25.4 Å². The van der Waals surface area contributed by atoms with E-state index in [4.69, 9.17) is 18.0 Å². The smallest absolute Gasteiger partial charge is 0.239 e. The maximum Gasteiger partial charge on any atom is 0.239 e. The molecule has 0 aliphatic heterocycles. The lowest BCUT2D eigenvalue weighted by Crippen LogP contribution is -2.37. The van der Waals surface area contributed by atoms with E-state index in [1.807, 2.05) is 0 Å². The first kappa shape index (κ1) is 15.4. The van der Waals surface area contributed by atoms with E-state index >= 15 is 0 Å². The van der Waals surface area contributed by atoms with Crippen LogP contribution in [0.3, 0.4) is 0 Å². The van der Waals surface area contributed by atoms with Crippen LogP contribution in [0.1, 0.15) is 19.4 Å². The molecule has 1 aromatic heterocycles. The molecule has 0 atom stereocenters. The zero-order valence-electron chi connectivity index (χ0n) is 11.5. The van der Waals surface area contributed by atoms with Crippen LogP contribution in [-0.2, 0) is 4.79 Å². The number of amides is 1. The average Bonchev–Trinajstić information content (AvgIpc) is 2.36. The minimum Gasteiger partial charge on any atom is -0.389 e. The molecule has 0 spiro atoms. The number of nitrogens with one attached hydrogen (secondary N) is 1. The molecule has 1 heterocycles. The second-order valence-electron chi connectivity index (χ2n) is 4.82. The van der Waals surface area contributed by atoms with Gasteiger partial charge in [-0.1, -0.05) is 26.1 Å². The molecule has 0 fully saturated rings. The van der Waals surface area contributed by atoms with Gasteiger partial charge in [0.25, 0.3) is 0 Å². The Morgan fingerprint density at radius 3 is 2.84 bits per heavy atom. The SMILES string of the molecule is CC(C)CNC(=O)CN(C)c1cc(C(N)=S)ccn1. The minimum absolute atomic E-state index is 0.0290. The number of rotatable bonds is 6. The van der Waals surface area contributed by atoms with Crippen molar-refractivity contribution in [1.29, 1.82) is 0 Å². The highest BCUT2D eigenvalue weighted by Gasteiger charge is 2.09. The summed E-state index contributed by atoms with van der Waals surface area (Å²) in [5.74, 6) is 1.08. The molecule has 0 unspecified atom stereocenters. The third kappa shape index (κ3) is 5.21. The molecule has 19 heavy (non-hydrogen) atoms. The van der Waals surface area contributed by atoms with Crippen LogP contribution >= 0.6 is 12.2 Å². The third-order valence-corrected chi connectivity index (χ3v) is 2.75. The largest absolute Gasteiger partial charge is 0.389 e. The zero-order valence-corrected chi connectivity index (χ0v) is 12.3. The highest BCUT2D eigenvalue weighted by atomic mass is 32.1. The number of pyridine rings is 1. The fraction of sp³-hybridized carbons (Fsp3) is 0.462. The Morgan fingerprint density at radius 2 is 2.26 bits per heavy atom. The lowest BCUT2D eigenvalue weighted by Gasteiger charge is -2.18. The summed E-state index contributed by atoms with van der Waals surface area (Å²) in [5, 5.41) is 2.86. The summed E-state index contributed by atoms with van der Waals surface area (Å²) in [6.07, 6.45) is 1.63. The van der Waals surface area contributed by atoms with Gasteiger partial charge in [-0.05, 0) is 18.1 Å². The quantitative estimate of drug-likeness (QED) is 0.758. The predicted molar refractivity (Wildman–Crippen MR) is 81.2 cm³/mol. The summed E-state index contributed by atoms with van der Waals surface area (Å²) in [5.41, 5.74) is 6.32. The molecule has 5 nitrogen and oxygen atoms in total. The molecule has 0 saturated heterocycles. The first-order chi connectivity index (χ1) is 8.90. The fourth-order valence-corrected chi connectivity index (χ4v) is 1.58. The second-order valence-corrected chi connectivity index (χ2v) is 5.26. The van der Waals surface area contributed by atoms with Gasteiger partial charge in [0.05, 0.1) is 6.54 Å². The lowest BCUT2D eigenvalue weighted by molar-refractivity contribution is -0.119. The topological polar surface area (TPSA) is 71.2 Å². The van der Waals surface area contributed by atoms with Gasteiger partial charge in [0.1, 0.15) is 10.8 Å². The number of anilines is 1. The number of nitrogens with zero attached hydrogens (tertiary/aromatic N) is 2. The van der Waals surface area contributed by atoms with Crippen molar-refractivity contribution in [3.63, 3.8) is 0 Å². The van der Waals surface area contributed by atoms with Crippen molar-refractivity contribution < 1.29 is 4.79 Å². The van der Waals surface area contributed by atoms with Gasteiger partial charge in [-0.2, -0.15) is 0 Å². The first-order valence-corrected chi connectivity index (χ1v) is 6.54. The van der Waals surface area contributed by atoms with Gasteiger partial charge in [-0.25, -0.2) is 4.98 Å². The van der Waals surface area contributed by atoms with Crippen LogP contribution in [0.25, 0.3) is 0 Å². The number of nitrogens with two attached hydrogens (primary N) is 1. The molecule has 1 amide bonds. The summed E-state index contributed by atoms with van der Waals surface area (Å²) < 4.78 is 0. The molecule has 1 aromatic rings. The highest BCUT2D eigenvalue weighted by molar-refractivity contribution is 7.80. The van der Waals surface area contributed by atoms with Crippen LogP contribution < -0.4 is 16.0 Å². The van der Waals surface area contributed by atoms with Crippen molar-refractivity contribution in [3.8, 4) is 0 Å². The van der Waals surface area contributed by atoms with E-state index in [0.717, 1.165) is 5.56 Å². The van der Waals surface area contributed by atoms with E-state index in [1.165, 1.54) is 0 Å². The van der Waals surface area contributed by atoms with Crippen LogP contribution in [0.2, 0.25) is 0 Å². The van der Waals surface area contributed by atoms with Crippen LogP contribution in [0.4, 0.5) is 5.82 Å². The van der Waals surface area contributed by atoms with Crippen molar-refractivity contribution in [2.24, 2.45) is 11.7 Å². The number of carbonyl (C=O) groups is 1. The molecule has 0 saturated carbocycles. The molecule has 3 N–H and O–H groups in total. The normalized spacial score (nSPS) is 10.3. The molecule has 6 heteroatoms. The van der Waals surface area contributed by atoms with Crippen LogP contribution in [0.15, 0.2) is 18.3 Å². The van der Waals surface area contributed by atoms with Crippen molar-refractivity contribution >= 4 is 28.9 Å². The molecule has 104 valence electrons. The molecular weight excluding hydrogens is 260 g/mol. The van der Waals surface area contributed by atoms with Crippen LogP contribution in [-0.4, -0.2) is 36.0 Å². The van der Waals surface area contributed by atoms with E-state index in [2.05, 4.69) is 24.1 Å². The van der Waals surface area contributed by atoms with Crippen molar-refractivity contribution in [2.75, 3.05) is 25.0 Å². The summed E-state index contributed by atoms with van der Waals surface area (Å²) in [6, 6.07) is 3.52. The van der Waals surface area contributed by atoms with Crippen LogP contribution in [0, 0.1) is 5.92 Å². The maximum absolute atomic E-state index is 11.7. The number of thiocarbonyl (C=S) groups is 1. The number of hydrogen-bond donors (Lipinski definition) is 2. The highest BCUT2D eigenvalue weighted by Crippen LogP contribution is 2.10. The second kappa shape index (κ2) is 7.04. The standard InChI is InChI=1S/C13H20N4OS/c1-9(2)7-16-12(18)8-17(3)11-6-10(13(14)19)4-5-15-11/h4-6,9H,7-8H2,1-3H3,(H2,14,19)(H,16,18). The van der Waals surface area contributed by atoms with E-state index in [-0.39, 0.29) is 12.5 Å². The van der Waals surface area contributed by atoms with Gasteiger partial charge in [0.15, 0.2) is 0 Å².